The Morgan fingerprint density at radius 3 is 2.09 bits per heavy atom. The maximum atomic E-state index is 13.0. The molecule has 3 amide bonds. The van der Waals surface area contributed by atoms with E-state index in [2.05, 4.69) is 48.0 Å². The van der Waals surface area contributed by atoms with Gasteiger partial charge in [0.15, 0.2) is 6.07 Å². The average Bonchev–Trinajstić information content (AvgIpc) is 2.92. The van der Waals surface area contributed by atoms with Crippen LogP contribution in [0, 0.1) is 18.8 Å². The first-order valence-corrected chi connectivity index (χ1v) is 14.7. The van der Waals surface area contributed by atoms with Gasteiger partial charge in [-0.2, -0.15) is 0 Å². The lowest BCUT2D eigenvalue weighted by Gasteiger charge is -2.30. The molecule has 0 radical (unpaired) electrons. The number of nitrogens with one attached hydrogen (secondary N) is 2. The van der Waals surface area contributed by atoms with Crippen LogP contribution in [0.1, 0.15) is 45.2 Å². The van der Waals surface area contributed by atoms with Gasteiger partial charge in [-0.15, -0.1) is 0 Å². The van der Waals surface area contributed by atoms with Crippen LogP contribution in [0.15, 0.2) is 42.5 Å². The molecule has 0 aliphatic rings. The zero-order valence-corrected chi connectivity index (χ0v) is 26.5. The highest BCUT2D eigenvalue weighted by Gasteiger charge is 2.18. The van der Waals surface area contributed by atoms with E-state index in [1.165, 1.54) is 7.05 Å². The van der Waals surface area contributed by atoms with Crippen LogP contribution in [0.4, 0.5) is 26.7 Å². The zero-order valence-electron chi connectivity index (χ0n) is 25.8. The minimum atomic E-state index is -0.784. The largest absolute Gasteiger partial charge is 0.433 e. The minimum absolute atomic E-state index is 0.0234. The second-order valence-electron chi connectivity index (χ2n) is 11.0. The summed E-state index contributed by atoms with van der Waals surface area (Å²) in [6.07, 6.45) is -0.425. The molecular formula is C31H43ClN4O7. The minimum Gasteiger partial charge on any atom is -0.433 e. The number of nitrogens with zero attached hydrogens (tertiary/aromatic N) is 2. The summed E-state index contributed by atoms with van der Waals surface area (Å²) in [5.74, 6) is -0.545. The number of carbonyl (C=O) groups excluding carboxylic acids is 4. The van der Waals surface area contributed by atoms with E-state index in [9.17, 15) is 19.2 Å². The Hall–Kier alpha value is -3.99. The van der Waals surface area contributed by atoms with Crippen LogP contribution >= 0.6 is 11.6 Å². The van der Waals surface area contributed by atoms with Crippen LogP contribution in [0.3, 0.4) is 0 Å². The van der Waals surface area contributed by atoms with Crippen molar-refractivity contribution in [1.29, 1.82) is 0 Å². The first kappa shape index (κ1) is 35.2. The highest BCUT2D eigenvalue weighted by atomic mass is 35.5. The van der Waals surface area contributed by atoms with Crippen molar-refractivity contribution in [1.82, 2.24) is 4.90 Å². The van der Waals surface area contributed by atoms with Gasteiger partial charge in [-0.05, 0) is 55.0 Å². The first-order chi connectivity index (χ1) is 20.4. The van der Waals surface area contributed by atoms with Crippen molar-refractivity contribution in [3.63, 3.8) is 0 Å². The van der Waals surface area contributed by atoms with Gasteiger partial charge < -0.3 is 34.6 Å². The van der Waals surface area contributed by atoms with Gasteiger partial charge in [-0.25, -0.2) is 9.59 Å². The maximum Gasteiger partial charge on any atom is 0.411 e. The highest BCUT2D eigenvalue weighted by molar-refractivity contribution is 6.17. The molecule has 0 spiro atoms. The summed E-state index contributed by atoms with van der Waals surface area (Å²) in [7, 11) is 1.34. The first-order valence-electron chi connectivity index (χ1n) is 14.2. The van der Waals surface area contributed by atoms with Gasteiger partial charge in [0, 0.05) is 32.2 Å². The number of likely N-dealkylation sites (N-methyl/N-ethyl adjacent to an activating group) is 1. The molecule has 236 valence electrons. The van der Waals surface area contributed by atoms with Gasteiger partial charge in [0.1, 0.15) is 6.54 Å². The predicted molar refractivity (Wildman–Crippen MR) is 167 cm³/mol. The summed E-state index contributed by atoms with van der Waals surface area (Å²) in [6, 6.07) is 12.6. The fourth-order valence-electron chi connectivity index (χ4n) is 4.13. The molecule has 0 heterocycles. The molecule has 2 aromatic carbocycles. The van der Waals surface area contributed by atoms with Crippen molar-refractivity contribution in [3.8, 4) is 0 Å². The Labute approximate surface area is 258 Å². The van der Waals surface area contributed by atoms with E-state index in [1.807, 2.05) is 49.4 Å². The summed E-state index contributed by atoms with van der Waals surface area (Å²) < 4.78 is 14.4. The smallest absolute Gasteiger partial charge is 0.411 e. The monoisotopic (exact) mass is 618 g/mol. The number of rotatable bonds is 15. The Bertz CT molecular complexity index is 1210. The molecule has 43 heavy (non-hydrogen) atoms. The Morgan fingerprint density at radius 1 is 0.860 bits per heavy atom. The van der Waals surface area contributed by atoms with Crippen LogP contribution in [0.2, 0.25) is 0 Å². The van der Waals surface area contributed by atoms with E-state index in [4.69, 9.17) is 21.1 Å². The van der Waals surface area contributed by atoms with Gasteiger partial charge in [0.25, 0.3) is 0 Å². The summed E-state index contributed by atoms with van der Waals surface area (Å²) in [6.45, 7) is 11.2. The third kappa shape index (κ3) is 13.2. The van der Waals surface area contributed by atoms with Crippen molar-refractivity contribution in [3.05, 3.63) is 53.6 Å². The average molecular weight is 619 g/mol. The quantitative estimate of drug-likeness (QED) is 0.141. The Kier molecular flexibility index (Phi) is 14.6. The van der Waals surface area contributed by atoms with Crippen molar-refractivity contribution < 1.29 is 33.4 Å². The number of urea groups is 1. The molecule has 0 saturated heterocycles. The van der Waals surface area contributed by atoms with E-state index in [0.29, 0.717) is 29.6 Å². The normalized spacial score (nSPS) is 10.7. The van der Waals surface area contributed by atoms with Gasteiger partial charge in [-0.1, -0.05) is 63.1 Å². The number of esters is 2. The standard InChI is InChI=1S/C31H43ClN4O7/c1-21(2)16-36(17-22(3)4)27-13-9-24(15-26(27)34-30(39)33-25-11-7-23(5)8-12-25)10-14-28(37)42-20-43-29(38)18-35(6)31(40)41-19-32/h7-9,11-13,15,21-22H,10,14,16-20H2,1-6H3,(H2,33,34,39). The molecule has 0 unspecified atom stereocenters. The van der Waals surface area contributed by atoms with Gasteiger partial charge in [0.05, 0.1) is 11.4 Å². The van der Waals surface area contributed by atoms with Crippen molar-refractivity contribution in [2.75, 3.05) is 55.1 Å². The number of anilines is 3. The van der Waals surface area contributed by atoms with E-state index in [-0.39, 0.29) is 18.5 Å². The van der Waals surface area contributed by atoms with Crippen LogP contribution < -0.4 is 15.5 Å². The second-order valence-corrected chi connectivity index (χ2v) is 11.2. The Morgan fingerprint density at radius 2 is 1.49 bits per heavy atom. The second kappa shape index (κ2) is 17.8. The third-order valence-corrected chi connectivity index (χ3v) is 6.15. The van der Waals surface area contributed by atoms with Gasteiger partial charge in [-0.3, -0.25) is 9.59 Å². The van der Waals surface area contributed by atoms with Crippen LogP contribution in [0.25, 0.3) is 0 Å². The number of hydrogen-bond acceptors (Lipinski definition) is 8. The number of ether oxygens (including phenoxy) is 3. The third-order valence-electron chi connectivity index (χ3n) is 6.04. The molecule has 12 heteroatoms. The fourth-order valence-corrected chi connectivity index (χ4v) is 4.22. The molecule has 0 aliphatic carbocycles. The van der Waals surface area contributed by atoms with Crippen molar-refractivity contribution in [2.45, 2.75) is 47.5 Å². The molecule has 2 rings (SSSR count). The molecule has 0 saturated carbocycles. The molecule has 11 nitrogen and oxygen atoms in total. The Balaban J connectivity index is 2.07. The number of alkyl halides is 1. The number of aryl methyl sites for hydroxylation is 2. The lowest BCUT2D eigenvalue weighted by Crippen LogP contribution is -2.33. The summed E-state index contributed by atoms with van der Waals surface area (Å²) in [4.78, 5) is 51.9. The van der Waals surface area contributed by atoms with Crippen LogP contribution in [0.5, 0.6) is 0 Å². The van der Waals surface area contributed by atoms with E-state index in [0.717, 1.165) is 34.8 Å². The van der Waals surface area contributed by atoms with E-state index >= 15 is 0 Å². The molecule has 2 aromatic rings. The maximum absolute atomic E-state index is 13.0. The molecule has 0 aromatic heterocycles. The SMILES string of the molecule is Cc1ccc(NC(=O)Nc2cc(CCC(=O)OCOC(=O)CN(C)C(=O)OCCl)ccc2N(CC(C)C)CC(C)C)cc1. The van der Waals surface area contributed by atoms with Gasteiger partial charge in [0.2, 0.25) is 6.79 Å². The summed E-state index contributed by atoms with van der Waals surface area (Å²) in [5.41, 5.74) is 4.10. The van der Waals surface area contributed by atoms with E-state index in [1.54, 1.807) is 0 Å². The van der Waals surface area contributed by atoms with Gasteiger partial charge >= 0.3 is 24.1 Å². The van der Waals surface area contributed by atoms with Crippen molar-refractivity contribution in [2.24, 2.45) is 11.8 Å². The van der Waals surface area contributed by atoms with Crippen LogP contribution in [-0.4, -0.2) is 68.5 Å². The number of halogens is 1. The number of benzene rings is 2. The molecule has 2 N–H and O–H groups in total. The van der Waals surface area contributed by atoms with Crippen LogP contribution in [-0.2, 0) is 30.2 Å². The highest BCUT2D eigenvalue weighted by Crippen LogP contribution is 2.30. The molecule has 0 bridgehead atoms. The summed E-state index contributed by atoms with van der Waals surface area (Å²) >= 11 is 5.32. The molecule has 0 aliphatic heterocycles. The topological polar surface area (TPSA) is 127 Å². The molecular weight excluding hydrogens is 576 g/mol. The number of hydrogen-bond donors (Lipinski definition) is 2. The zero-order chi connectivity index (χ0) is 31.9. The molecule has 0 fully saturated rings. The van der Waals surface area contributed by atoms with E-state index < -0.39 is 31.4 Å². The fraction of sp³-hybridized carbons (Fsp3) is 0.484. The predicted octanol–water partition coefficient (Wildman–Crippen LogP) is 6.00. The summed E-state index contributed by atoms with van der Waals surface area (Å²) in [5, 5.41) is 5.87. The number of carbonyl (C=O) groups is 4. The lowest BCUT2D eigenvalue weighted by atomic mass is 10.1. The number of amides is 3. The van der Waals surface area contributed by atoms with Crippen molar-refractivity contribution >= 4 is 52.7 Å². The molecule has 0 atom stereocenters. The lowest BCUT2D eigenvalue weighted by molar-refractivity contribution is -0.167.